The Morgan fingerprint density at radius 1 is 1.50 bits per heavy atom. The normalized spacial score (nSPS) is 20.7. The maximum Gasteiger partial charge on any atom is 0.245 e. The van der Waals surface area contributed by atoms with E-state index in [1.165, 1.54) is 5.56 Å². The van der Waals surface area contributed by atoms with Gasteiger partial charge in [-0.3, -0.25) is 9.69 Å². The molecule has 1 saturated heterocycles. The zero-order chi connectivity index (χ0) is 13.1. The van der Waals surface area contributed by atoms with Gasteiger partial charge in [0.2, 0.25) is 5.91 Å². The molecule has 0 aromatic heterocycles. The monoisotopic (exact) mass is 247 g/mol. The van der Waals surface area contributed by atoms with Crippen LogP contribution >= 0.6 is 0 Å². The lowest BCUT2D eigenvalue weighted by Gasteiger charge is -2.34. The number of rotatable bonds is 2. The summed E-state index contributed by atoms with van der Waals surface area (Å²) in [7, 11) is 3.85. The third-order valence-corrected chi connectivity index (χ3v) is 3.52. The molecule has 1 amide bonds. The summed E-state index contributed by atoms with van der Waals surface area (Å²) in [5, 5.41) is 3.27. The Kier molecular flexibility index (Phi) is 3.99. The third kappa shape index (κ3) is 2.71. The van der Waals surface area contributed by atoms with Crippen molar-refractivity contribution in [1.29, 1.82) is 0 Å². The molecule has 1 aromatic rings. The van der Waals surface area contributed by atoms with E-state index in [1.807, 2.05) is 45.3 Å². The van der Waals surface area contributed by atoms with Crippen molar-refractivity contribution in [2.75, 3.05) is 38.6 Å². The van der Waals surface area contributed by atoms with Crippen molar-refractivity contribution in [3.05, 3.63) is 29.8 Å². The number of carbonyl (C=O) groups is 1. The van der Waals surface area contributed by atoms with Gasteiger partial charge in [0.15, 0.2) is 0 Å². The van der Waals surface area contributed by atoms with E-state index in [0.29, 0.717) is 0 Å². The van der Waals surface area contributed by atoms with E-state index in [0.717, 1.165) is 25.3 Å². The van der Waals surface area contributed by atoms with Crippen molar-refractivity contribution < 1.29 is 4.79 Å². The van der Waals surface area contributed by atoms with Crippen molar-refractivity contribution in [2.45, 2.75) is 13.0 Å². The van der Waals surface area contributed by atoms with Gasteiger partial charge >= 0.3 is 0 Å². The van der Waals surface area contributed by atoms with Gasteiger partial charge in [0.25, 0.3) is 0 Å². The number of carbonyl (C=O) groups excluding carboxylic acids is 1. The van der Waals surface area contributed by atoms with Crippen LogP contribution in [0.25, 0.3) is 0 Å². The molecule has 4 heteroatoms. The first-order valence-electron chi connectivity index (χ1n) is 6.35. The first-order valence-corrected chi connectivity index (χ1v) is 6.35. The molecule has 1 aromatic carbocycles. The van der Waals surface area contributed by atoms with Gasteiger partial charge in [0.05, 0.1) is 0 Å². The fourth-order valence-corrected chi connectivity index (χ4v) is 2.27. The van der Waals surface area contributed by atoms with Crippen LogP contribution in [0.4, 0.5) is 5.69 Å². The smallest absolute Gasteiger partial charge is 0.245 e. The van der Waals surface area contributed by atoms with Gasteiger partial charge in [-0.15, -0.1) is 0 Å². The molecule has 0 bridgehead atoms. The van der Waals surface area contributed by atoms with E-state index in [-0.39, 0.29) is 11.9 Å². The molecule has 1 atom stereocenters. The summed E-state index contributed by atoms with van der Waals surface area (Å²) in [4.78, 5) is 16.3. The van der Waals surface area contributed by atoms with Gasteiger partial charge in [-0.2, -0.15) is 0 Å². The fraction of sp³-hybridized carbons (Fsp3) is 0.500. The van der Waals surface area contributed by atoms with Crippen molar-refractivity contribution in [2.24, 2.45) is 0 Å². The average molecular weight is 247 g/mol. The highest BCUT2D eigenvalue weighted by Crippen LogP contribution is 2.16. The van der Waals surface area contributed by atoms with Gasteiger partial charge in [0, 0.05) is 32.4 Å². The quantitative estimate of drug-likeness (QED) is 0.842. The Hall–Kier alpha value is -1.39. The summed E-state index contributed by atoms with van der Waals surface area (Å²) < 4.78 is 0. The van der Waals surface area contributed by atoms with Gasteiger partial charge in [-0.05, 0) is 31.7 Å². The molecular formula is C14H21N3O. The summed E-state index contributed by atoms with van der Waals surface area (Å²) in [5.74, 6) is 0.148. The zero-order valence-corrected chi connectivity index (χ0v) is 11.3. The minimum absolute atomic E-state index is 0.0655. The lowest BCUT2D eigenvalue weighted by atomic mass is 10.1. The molecular weight excluding hydrogens is 226 g/mol. The molecule has 2 rings (SSSR count). The number of piperazine rings is 1. The Labute approximate surface area is 109 Å². The summed E-state index contributed by atoms with van der Waals surface area (Å²) in [6.07, 6.45) is 0. The van der Waals surface area contributed by atoms with Crippen LogP contribution in [0.5, 0.6) is 0 Å². The van der Waals surface area contributed by atoms with Gasteiger partial charge in [-0.25, -0.2) is 0 Å². The van der Waals surface area contributed by atoms with Crippen molar-refractivity contribution in [1.82, 2.24) is 10.2 Å². The number of amides is 1. The number of hydrogen-bond donors (Lipinski definition) is 1. The molecule has 1 aliphatic rings. The van der Waals surface area contributed by atoms with Crippen LogP contribution in [0.3, 0.4) is 0 Å². The number of likely N-dealkylation sites (N-methyl/N-ethyl adjacent to an activating group) is 2. The molecule has 0 saturated carbocycles. The highest BCUT2D eigenvalue weighted by molar-refractivity contribution is 5.97. The number of nitrogens with zero attached hydrogens (tertiary/aromatic N) is 2. The Bertz CT molecular complexity index is 433. The SMILES string of the molecule is Cc1cccc(N(C)C(=O)C2CNCCN2C)c1. The molecule has 1 fully saturated rings. The predicted octanol–water partition coefficient (Wildman–Crippen LogP) is 0.861. The number of anilines is 1. The third-order valence-electron chi connectivity index (χ3n) is 3.52. The molecule has 1 N–H and O–H groups in total. The number of nitrogens with one attached hydrogen (secondary N) is 1. The molecule has 0 spiro atoms. The summed E-state index contributed by atoms with van der Waals surface area (Å²) >= 11 is 0. The number of benzene rings is 1. The Morgan fingerprint density at radius 3 is 2.94 bits per heavy atom. The lowest BCUT2D eigenvalue weighted by Crippen LogP contribution is -2.56. The number of aryl methyl sites for hydroxylation is 1. The van der Waals surface area contributed by atoms with E-state index < -0.39 is 0 Å². The maximum absolute atomic E-state index is 12.5. The van der Waals surface area contributed by atoms with Gasteiger partial charge < -0.3 is 10.2 Å². The minimum Gasteiger partial charge on any atom is -0.314 e. The molecule has 1 unspecified atom stereocenters. The molecule has 1 aliphatic heterocycles. The molecule has 0 aliphatic carbocycles. The molecule has 0 radical (unpaired) electrons. The lowest BCUT2D eigenvalue weighted by molar-refractivity contribution is -0.123. The summed E-state index contributed by atoms with van der Waals surface area (Å²) in [6, 6.07) is 7.96. The maximum atomic E-state index is 12.5. The van der Waals surface area contributed by atoms with Crippen LogP contribution in [0, 0.1) is 6.92 Å². The fourth-order valence-electron chi connectivity index (χ4n) is 2.27. The highest BCUT2D eigenvalue weighted by Gasteiger charge is 2.28. The largest absolute Gasteiger partial charge is 0.314 e. The van der Waals surface area contributed by atoms with E-state index in [1.54, 1.807) is 4.90 Å². The first-order chi connectivity index (χ1) is 8.59. The van der Waals surface area contributed by atoms with Crippen LogP contribution < -0.4 is 10.2 Å². The van der Waals surface area contributed by atoms with Crippen LogP contribution in [0.2, 0.25) is 0 Å². The second-order valence-corrected chi connectivity index (χ2v) is 4.94. The van der Waals surface area contributed by atoms with Crippen LogP contribution in [0.1, 0.15) is 5.56 Å². The zero-order valence-electron chi connectivity index (χ0n) is 11.3. The van der Waals surface area contributed by atoms with E-state index in [2.05, 4.69) is 10.2 Å². The van der Waals surface area contributed by atoms with Gasteiger partial charge in [0.1, 0.15) is 6.04 Å². The second kappa shape index (κ2) is 5.50. The van der Waals surface area contributed by atoms with Crippen LogP contribution in [-0.4, -0.2) is 50.6 Å². The molecule has 4 nitrogen and oxygen atoms in total. The van der Waals surface area contributed by atoms with Crippen LogP contribution in [-0.2, 0) is 4.79 Å². The van der Waals surface area contributed by atoms with Crippen molar-refractivity contribution in [3.8, 4) is 0 Å². The van der Waals surface area contributed by atoms with Gasteiger partial charge in [-0.1, -0.05) is 12.1 Å². The highest BCUT2D eigenvalue weighted by atomic mass is 16.2. The summed E-state index contributed by atoms with van der Waals surface area (Å²) in [5.41, 5.74) is 2.13. The number of hydrogen-bond acceptors (Lipinski definition) is 3. The van der Waals surface area contributed by atoms with Crippen molar-refractivity contribution in [3.63, 3.8) is 0 Å². The van der Waals surface area contributed by atoms with Crippen LogP contribution in [0.15, 0.2) is 24.3 Å². The standard InChI is InChI=1S/C14H21N3O/c1-11-5-4-6-12(9-11)17(3)14(18)13-10-15-7-8-16(13)2/h4-6,9,13,15H,7-8,10H2,1-3H3. The van der Waals surface area contributed by atoms with E-state index in [9.17, 15) is 4.79 Å². The Morgan fingerprint density at radius 2 is 2.28 bits per heavy atom. The molecule has 18 heavy (non-hydrogen) atoms. The second-order valence-electron chi connectivity index (χ2n) is 4.94. The van der Waals surface area contributed by atoms with Crippen molar-refractivity contribution >= 4 is 11.6 Å². The first kappa shape index (κ1) is 13.1. The average Bonchev–Trinajstić information content (AvgIpc) is 2.37. The topological polar surface area (TPSA) is 35.6 Å². The molecule has 1 heterocycles. The molecule has 98 valence electrons. The Balaban J connectivity index is 2.13. The summed E-state index contributed by atoms with van der Waals surface area (Å²) in [6.45, 7) is 4.63. The van der Waals surface area contributed by atoms with E-state index in [4.69, 9.17) is 0 Å². The minimum atomic E-state index is -0.0655. The predicted molar refractivity (Wildman–Crippen MR) is 73.9 cm³/mol. The van der Waals surface area contributed by atoms with E-state index >= 15 is 0 Å².